The number of carbonyl (C=O) groups excluding carboxylic acids is 2. The van der Waals surface area contributed by atoms with Gasteiger partial charge in [-0.05, 0) is 38.0 Å². The van der Waals surface area contributed by atoms with Crippen molar-refractivity contribution in [3.8, 4) is 6.07 Å². The molecule has 0 bridgehead atoms. The SMILES string of the molecule is Cc1ncoc1C(=O)N1CCN(c2ccc(C#N)c(C(F)(F)F)c2)CC1C(=O)NC1CC1. The molecule has 2 heterocycles. The Morgan fingerprint density at radius 1 is 1.28 bits per heavy atom. The van der Waals surface area contributed by atoms with Crippen LogP contribution in [0.15, 0.2) is 29.0 Å². The van der Waals surface area contributed by atoms with Crippen LogP contribution >= 0.6 is 0 Å². The number of hydrogen-bond acceptors (Lipinski definition) is 6. The summed E-state index contributed by atoms with van der Waals surface area (Å²) in [6.07, 6.45) is -1.84. The summed E-state index contributed by atoms with van der Waals surface area (Å²) in [7, 11) is 0. The Morgan fingerprint density at radius 3 is 2.62 bits per heavy atom. The third-order valence-corrected chi connectivity index (χ3v) is 5.60. The van der Waals surface area contributed by atoms with Gasteiger partial charge in [-0.1, -0.05) is 0 Å². The first-order chi connectivity index (χ1) is 15.2. The molecule has 1 N–H and O–H groups in total. The highest BCUT2D eigenvalue weighted by Crippen LogP contribution is 2.35. The number of piperazine rings is 1. The Morgan fingerprint density at radius 2 is 2.03 bits per heavy atom. The van der Waals surface area contributed by atoms with Gasteiger partial charge in [-0.15, -0.1) is 0 Å². The molecule has 1 aliphatic heterocycles. The number of carbonyl (C=O) groups is 2. The predicted molar refractivity (Wildman–Crippen MR) is 106 cm³/mol. The lowest BCUT2D eigenvalue weighted by atomic mass is 10.0. The first kappa shape index (κ1) is 21.7. The third kappa shape index (κ3) is 4.26. The second-order valence-corrected chi connectivity index (χ2v) is 7.85. The Balaban J connectivity index is 1.62. The van der Waals surface area contributed by atoms with Crippen LogP contribution < -0.4 is 10.2 Å². The third-order valence-electron chi connectivity index (χ3n) is 5.60. The van der Waals surface area contributed by atoms with Crippen LogP contribution in [-0.4, -0.2) is 53.4 Å². The fourth-order valence-corrected chi connectivity index (χ4v) is 3.71. The Labute approximate surface area is 181 Å². The van der Waals surface area contributed by atoms with E-state index in [0.717, 1.165) is 31.4 Å². The molecule has 2 amide bonds. The molecule has 8 nitrogen and oxygen atoms in total. The van der Waals surface area contributed by atoms with Crippen LogP contribution in [0.4, 0.5) is 18.9 Å². The van der Waals surface area contributed by atoms with Crippen molar-refractivity contribution < 1.29 is 27.2 Å². The van der Waals surface area contributed by atoms with Gasteiger partial charge in [0.25, 0.3) is 5.91 Å². The second kappa shape index (κ2) is 8.18. The smallest absolute Gasteiger partial charge is 0.417 e. The quantitative estimate of drug-likeness (QED) is 0.773. The molecule has 1 atom stereocenters. The number of nitrogens with zero attached hydrogens (tertiary/aromatic N) is 4. The van der Waals surface area contributed by atoms with Crippen molar-refractivity contribution in [1.82, 2.24) is 15.2 Å². The Bertz CT molecular complexity index is 1090. The first-order valence-corrected chi connectivity index (χ1v) is 10.1. The topological polar surface area (TPSA) is 102 Å². The van der Waals surface area contributed by atoms with Crippen LogP contribution in [0.2, 0.25) is 0 Å². The highest BCUT2D eigenvalue weighted by molar-refractivity contribution is 5.97. The number of nitriles is 1. The lowest BCUT2D eigenvalue weighted by Gasteiger charge is -2.41. The number of alkyl halides is 3. The summed E-state index contributed by atoms with van der Waals surface area (Å²) in [4.78, 5) is 32.8. The minimum atomic E-state index is -4.69. The van der Waals surface area contributed by atoms with E-state index in [1.165, 1.54) is 11.0 Å². The summed E-state index contributed by atoms with van der Waals surface area (Å²) in [6, 6.07) is 4.13. The van der Waals surface area contributed by atoms with E-state index in [0.29, 0.717) is 5.69 Å². The van der Waals surface area contributed by atoms with Crippen molar-refractivity contribution in [3.05, 3.63) is 47.2 Å². The lowest BCUT2D eigenvalue weighted by molar-refractivity contribution is -0.137. The zero-order valence-electron chi connectivity index (χ0n) is 17.1. The molecule has 1 aromatic carbocycles. The van der Waals surface area contributed by atoms with Crippen LogP contribution in [0.3, 0.4) is 0 Å². The molecule has 11 heteroatoms. The van der Waals surface area contributed by atoms with E-state index in [1.54, 1.807) is 17.9 Å². The van der Waals surface area contributed by atoms with Crippen LogP contribution in [0.5, 0.6) is 0 Å². The van der Waals surface area contributed by atoms with E-state index in [2.05, 4.69) is 10.3 Å². The van der Waals surface area contributed by atoms with Gasteiger partial charge in [0.2, 0.25) is 11.7 Å². The van der Waals surface area contributed by atoms with Gasteiger partial charge in [-0.2, -0.15) is 18.4 Å². The molecule has 1 aliphatic carbocycles. The van der Waals surface area contributed by atoms with E-state index in [-0.39, 0.29) is 43.0 Å². The molecular weight excluding hydrogens is 427 g/mol. The Kier molecular flexibility index (Phi) is 5.54. The van der Waals surface area contributed by atoms with Crippen molar-refractivity contribution in [2.45, 2.75) is 38.0 Å². The Hall–Kier alpha value is -3.55. The fourth-order valence-electron chi connectivity index (χ4n) is 3.71. The molecule has 2 aliphatic rings. The predicted octanol–water partition coefficient (Wildman–Crippen LogP) is 2.48. The van der Waals surface area contributed by atoms with Crippen LogP contribution in [0.1, 0.15) is 40.2 Å². The van der Waals surface area contributed by atoms with Crippen LogP contribution in [0, 0.1) is 18.3 Å². The van der Waals surface area contributed by atoms with Gasteiger partial charge in [0.15, 0.2) is 6.39 Å². The molecule has 2 aromatic rings. The molecule has 1 aromatic heterocycles. The lowest BCUT2D eigenvalue weighted by Crippen LogP contribution is -2.61. The van der Waals surface area contributed by atoms with E-state index in [4.69, 9.17) is 9.68 Å². The van der Waals surface area contributed by atoms with Crippen LogP contribution in [-0.2, 0) is 11.0 Å². The summed E-state index contributed by atoms with van der Waals surface area (Å²) >= 11 is 0. The molecule has 2 fully saturated rings. The summed E-state index contributed by atoms with van der Waals surface area (Å²) in [5, 5.41) is 11.9. The van der Waals surface area contributed by atoms with E-state index in [1.807, 2.05) is 0 Å². The van der Waals surface area contributed by atoms with E-state index in [9.17, 15) is 22.8 Å². The molecule has 1 unspecified atom stereocenters. The molecule has 32 heavy (non-hydrogen) atoms. The zero-order chi connectivity index (χ0) is 23.0. The first-order valence-electron chi connectivity index (χ1n) is 10.1. The standard InChI is InChI=1S/C21H20F3N5O3/c1-12-18(32-11-26-12)20(31)29-7-6-28(10-17(29)19(30)27-14-3-4-14)15-5-2-13(9-25)16(8-15)21(22,23)24/h2,5,8,11,14,17H,3-4,6-7,10H2,1H3,(H,27,30). The second-order valence-electron chi connectivity index (χ2n) is 7.85. The van der Waals surface area contributed by atoms with Gasteiger partial charge < -0.3 is 19.5 Å². The summed E-state index contributed by atoms with van der Waals surface area (Å²) < 4.78 is 45.4. The van der Waals surface area contributed by atoms with Gasteiger partial charge in [0, 0.05) is 31.4 Å². The van der Waals surface area contributed by atoms with Crippen molar-refractivity contribution in [2.24, 2.45) is 0 Å². The molecule has 0 radical (unpaired) electrons. The minimum Gasteiger partial charge on any atom is -0.438 e. The molecule has 1 saturated carbocycles. The zero-order valence-corrected chi connectivity index (χ0v) is 17.1. The molecular formula is C21H20F3N5O3. The van der Waals surface area contributed by atoms with Crippen molar-refractivity contribution >= 4 is 17.5 Å². The highest BCUT2D eigenvalue weighted by Gasteiger charge is 2.40. The van der Waals surface area contributed by atoms with Crippen molar-refractivity contribution in [2.75, 3.05) is 24.5 Å². The monoisotopic (exact) mass is 447 g/mol. The number of oxazole rings is 1. The maximum absolute atomic E-state index is 13.4. The maximum Gasteiger partial charge on any atom is 0.417 e. The van der Waals surface area contributed by atoms with E-state index >= 15 is 0 Å². The average molecular weight is 447 g/mol. The van der Waals surface area contributed by atoms with Gasteiger partial charge >= 0.3 is 6.18 Å². The number of halogens is 3. The number of aromatic nitrogens is 1. The van der Waals surface area contributed by atoms with Gasteiger partial charge in [0.1, 0.15) is 6.04 Å². The fraction of sp³-hybridized carbons (Fsp3) is 0.429. The number of benzene rings is 1. The van der Waals surface area contributed by atoms with Crippen molar-refractivity contribution in [3.63, 3.8) is 0 Å². The van der Waals surface area contributed by atoms with Gasteiger partial charge in [-0.3, -0.25) is 9.59 Å². The number of rotatable bonds is 4. The summed E-state index contributed by atoms with van der Waals surface area (Å²) in [5.74, 6) is -0.834. The number of amides is 2. The highest BCUT2D eigenvalue weighted by atomic mass is 19.4. The summed E-state index contributed by atoms with van der Waals surface area (Å²) in [6.45, 7) is 1.92. The molecule has 1 saturated heterocycles. The largest absolute Gasteiger partial charge is 0.438 e. The number of aryl methyl sites for hydroxylation is 1. The normalized spacial score (nSPS) is 18.9. The summed E-state index contributed by atoms with van der Waals surface area (Å²) in [5.41, 5.74) is -0.893. The average Bonchev–Trinajstić information content (AvgIpc) is 3.48. The van der Waals surface area contributed by atoms with Gasteiger partial charge in [-0.25, -0.2) is 4.98 Å². The number of hydrogen-bond donors (Lipinski definition) is 1. The molecule has 0 spiro atoms. The minimum absolute atomic E-state index is 0.000670. The molecule has 4 rings (SSSR count). The van der Waals surface area contributed by atoms with Crippen molar-refractivity contribution in [1.29, 1.82) is 5.26 Å². The maximum atomic E-state index is 13.4. The number of anilines is 1. The number of nitrogens with one attached hydrogen (secondary N) is 1. The molecule has 168 valence electrons. The van der Waals surface area contributed by atoms with Gasteiger partial charge in [0.05, 0.1) is 22.9 Å². The van der Waals surface area contributed by atoms with Crippen LogP contribution in [0.25, 0.3) is 0 Å². The van der Waals surface area contributed by atoms with E-state index < -0.39 is 29.3 Å².